The third-order valence-electron chi connectivity index (χ3n) is 4.82. The minimum atomic E-state index is 0.0517. The number of benzene rings is 1. The van der Waals surface area contributed by atoms with Gasteiger partial charge in [-0.05, 0) is 38.1 Å². The van der Waals surface area contributed by atoms with Gasteiger partial charge in [0, 0.05) is 38.4 Å². The van der Waals surface area contributed by atoms with Crippen molar-refractivity contribution in [3.63, 3.8) is 0 Å². The molecule has 0 radical (unpaired) electrons. The van der Waals surface area contributed by atoms with E-state index in [-0.39, 0.29) is 11.9 Å². The van der Waals surface area contributed by atoms with Crippen molar-refractivity contribution in [3.05, 3.63) is 53.2 Å². The molecule has 0 spiro atoms. The second-order valence-corrected chi connectivity index (χ2v) is 8.46. The number of anilines is 1. The first kappa shape index (κ1) is 18.8. The van der Waals surface area contributed by atoms with Gasteiger partial charge >= 0.3 is 0 Å². The molecule has 6 nitrogen and oxygen atoms in total. The lowest BCUT2D eigenvalue weighted by atomic mass is 10.2. The normalized spacial score (nSPS) is 15.3. The molecule has 1 aliphatic heterocycles. The Morgan fingerprint density at radius 1 is 1.14 bits per heavy atom. The van der Waals surface area contributed by atoms with E-state index in [0.717, 1.165) is 43.2 Å². The van der Waals surface area contributed by atoms with Crippen LogP contribution in [-0.4, -0.2) is 57.9 Å². The van der Waals surface area contributed by atoms with Crippen LogP contribution in [0.2, 0.25) is 0 Å². The van der Waals surface area contributed by atoms with E-state index in [1.54, 1.807) is 17.5 Å². The molecule has 1 saturated heterocycles. The average molecular weight is 396 g/mol. The summed E-state index contributed by atoms with van der Waals surface area (Å²) in [6, 6.07) is 12.2. The highest BCUT2D eigenvalue weighted by Gasteiger charge is 2.25. The minimum Gasteiger partial charge on any atom is -0.367 e. The van der Waals surface area contributed by atoms with Gasteiger partial charge in [0.25, 0.3) is 5.91 Å². The van der Waals surface area contributed by atoms with Crippen LogP contribution >= 0.6 is 11.3 Å². The molecule has 0 saturated carbocycles. The van der Waals surface area contributed by atoms with E-state index in [0.29, 0.717) is 11.4 Å². The van der Waals surface area contributed by atoms with E-state index in [2.05, 4.69) is 33.4 Å². The highest BCUT2D eigenvalue weighted by atomic mass is 32.1. The van der Waals surface area contributed by atoms with Crippen molar-refractivity contribution < 1.29 is 4.79 Å². The Morgan fingerprint density at radius 2 is 1.93 bits per heavy atom. The third-order valence-corrected chi connectivity index (χ3v) is 5.84. The molecule has 1 fully saturated rings. The van der Waals surface area contributed by atoms with Gasteiger partial charge in [0.05, 0.1) is 22.3 Å². The fourth-order valence-corrected chi connectivity index (χ4v) is 4.43. The Kier molecular flexibility index (Phi) is 5.54. The van der Waals surface area contributed by atoms with Crippen molar-refractivity contribution in [1.29, 1.82) is 0 Å². The summed E-state index contributed by atoms with van der Waals surface area (Å²) in [5, 5.41) is 4.41. The maximum absolute atomic E-state index is 13.0. The van der Waals surface area contributed by atoms with Crippen LogP contribution in [0.5, 0.6) is 0 Å². The zero-order valence-electron chi connectivity index (χ0n) is 16.3. The van der Waals surface area contributed by atoms with Crippen molar-refractivity contribution in [3.8, 4) is 0 Å². The number of hydrogen-bond donors (Lipinski definition) is 1. The SMILES string of the molecule is CC(C)Nc1ncccc1C(=O)N1CCN(Cc2nc3ccccc3s2)CC1. The first-order valence-electron chi connectivity index (χ1n) is 9.68. The number of fused-ring (bicyclic) bond motifs is 1. The molecule has 0 atom stereocenters. The summed E-state index contributed by atoms with van der Waals surface area (Å²) in [4.78, 5) is 26.4. The number of amides is 1. The number of thiazole rings is 1. The first-order valence-corrected chi connectivity index (χ1v) is 10.5. The molecular weight excluding hydrogens is 370 g/mol. The Labute approximate surface area is 169 Å². The Bertz CT molecular complexity index is 929. The Morgan fingerprint density at radius 3 is 2.68 bits per heavy atom. The van der Waals surface area contributed by atoms with Gasteiger partial charge in [-0.1, -0.05) is 12.1 Å². The molecule has 7 heteroatoms. The van der Waals surface area contributed by atoms with E-state index in [1.807, 2.05) is 36.9 Å². The van der Waals surface area contributed by atoms with Crippen LogP contribution in [0.1, 0.15) is 29.2 Å². The van der Waals surface area contributed by atoms with Gasteiger partial charge in [-0.25, -0.2) is 9.97 Å². The van der Waals surface area contributed by atoms with E-state index in [4.69, 9.17) is 4.98 Å². The topological polar surface area (TPSA) is 61.4 Å². The number of nitrogens with zero attached hydrogens (tertiary/aromatic N) is 4. The number of hydrogen-bond acceptors (Lipinski definition) is 6. The van der Waals surface area contributed by atoms with E-state index in [1.165, 1.54) is 4.70 Å². The monoisotopic (exact) mass is 395 g/mol. The summed E-state index contributed by atoms with van der Waals surface area (Å²) < 4.78 is 1.23. The molecule has 1 amide bonds. The molecule has 1 aromatic carbocycles. The summed E-state index contributed by atoms with van der Waals surface area (Å²) in [6.45, 7) is 8.09. The average Bonchev–Trinajstić information content (AvgIpc) is 3.10. The molecule has 3 aromatic rings. The molecule has 4 rings (SSSR count). The quantitative estimate of drug-likeness (QED) is 0.717. The van der Waals surface area contributed by atoms with Crippen molar-refractivity contribution in [2.75, 3.05) is 31.5 Å². The van der Waals surface area contributed by atoms with Gasteiger partial charge in [-0.3, -0.25) is 9.69 Å². The molecule has 3 heterocycles. The highest BCUT2D eigenvalue weighted by molar-refractivity contribution is 7.18. The molecule has 2 aromatic heterocycles. The lowest BCUT2D eigenvalue weighted by Crippen LogP contribution is -2.48. The van der Waals surface area contributed by atoms with E-state index in [9.17, 15) is 4.79 Å². The van der Waals surface area contributed by atoms with E-state index >= 15 is 0 Å². The second-order valence-electron chi connectivity index (χ2n) is 7.34. The number of nitrogens with one attached hydrogen (secondary N) is 1. The predicted molar refractivity (Wildman–Crippen MR) is 114 cm³/mol. The smallest absolute Gasteiger partial charge is 0.257 e. The van der Waals surface area contributed by atoms with Crippen LogP contribution in [0.3, 0.4) is 0 Å². The van der Waals surface area contributed by atoms with Crippen LogP contribution in [-0.2, 0) is 6.54 Å². The molecule has 0 bridgehead atoms. The molecule has 1 N–H and O–H groups in total. The number of aromatic nitrogens is 2. The lowest BCUT2D eigenvalue weighted by molar-refractivity contribution is 0.0629. The summed E-state index contributed by atoms with van der Waals surface area (Å²) >= 11 is 1.75. The van der Waals surface area contributed by atoms with Crippen LogP contribution in [0, 0.1) is 0 Å². The van der Waals surface area contributed by atoms with Crippen LogP contribution in [0.15, 0.2) is 42.6 Å². The number of carbonyl (C=O) groups is 1. The van der Waals surface area contributed by atoms with Gasteiger partial charge in [-0.15, -0.1) is 11.3 Å². The van der Waals surface area contributed by atoms with Crippen LogP contribution in [0.25, 0.3) is 10.2 Å². The molecule has 0 aliphatic carbocycles. The summed E-state index contributed by atoms with van der Waals surface area (Å²) in [6.07, 6.45) is 1.72. The molecule has 28 heavy (non-hydrogen) atoms. The predicted octanol–water partition coefficient (Wildman–Crippen LogP) is 3.47. The second kappa shape index (κ2) is 8.24. The number of carbonyl (C=O) groups excluding carboxylic acids is 1. The fraction of sp³-hybridized carbons (Fsp3) is 0.381. The summed E-state index contributed by atoms with van der Waals surface area (Å²) in [7, 11) is 0. The van der Waals surface area contributed by atoms with Gasteiger partial charge in [0.1, 0.15) is 10.8 Å². The molecule has 1 aliphatic rings. The van der Waals surface area contributed by atoms with Crippen molar-refractivity contribution in [2.45, 2.75) is 26.4 Å². The zero-order valence-corrected chi connectivity index (χ0v) is 17.1. The third kappa shape index (κ3) is 4.15. The number of para-hydroxylation sites is 1. The van der Waals surface area contributed by atoms with E-state index < -0.39 is 0 Å². The van der Waals surface area contributed by atoms with Gasteiger partial charge in [0.2, 0.25) is 0 Å². The van der Waals surface area contributed by atoms with Crippen LogP contribution < -0.4 is 5.32 Å². The number of piperazine rings is 1. The standard InChI is InChI=1S/C21H25N5OS/c1-15(2)23-20-16(6-5-9-22-20)21(27)26-12-10-25(11-13-26)14-19-24-17-7-3-4-8-18(17)28-19/h3-9,15H,10-14H2,1-2H3,(H,22,23). The van der Waals surface area contributed by atoms with Crippen molar-refractivity contribution in [1.82, 2.24) is 19.8 Å². The van der Waals surface area contributed by atoms with Gasteiger partial charge in [0.15, 0.2) is 0 Å². The minimum absolute atomic E-state index is 0.0517. The lowest BCUT2D eigenvalue weighted by Gasteiger charge is -2.34. The van der Waals surface area contributed by atoms with Crippen molar-refractivity contribution in [2.24, 2.45) is 0 Å². The highest BCUT2D eigenvalue weighted by Crippen LogP contribution is 2.23. The summed E-state index contributed by atoms with van der Waals surface area (Å²) in [5.41, 5.74) is 1.72. The largest absolute Gasteiger partial charge is 0.367 e. The number of rotatable bonds is 5. The molecular formula is C21H25N5OS. The zero-order chi connectivity index (χ0) is 19.5. The first-order chi connectivity index (χ1) is 13.6. The van der Waals surface area contributed by atoms with Gasteiger partial charge in [-0.2, -0.15) is 0 Å². The molecule has 146 valence electrons. The van der Waals surface area contributed by atoms with Crippen LogP contribution in [0.4, 0.5) is 5.82 Å². The number of pyridine rings is 1. The molecule has 0 unspecified atom stereocenters. The summed E-state index contributed by atoms with van der Waals surface area (Å²) in [5.74, 6) is 0.718. The Hall–Kier alpha value is -2.51. The Balaban J connectivity index is 1.38. The fourth-order valence-electron chi connectivity index (χ4n) is 3.42. The maximum atomic E-state index is 13.0. The van der Waals surface area contributed by atoms with Crippen molar-refractivity contribution >= 4 is 33.3 Å². The maximum Gasteiger partial charge on any atom is 0.257 e. The van der Waals surface area contributed by atoms with Gasteiger partial charge < -0.3 is 10.2 Å².